The van der Waals surface area contributed by atoms with E-state index in [-0.39, 0.29) is 11.7 Å². The highest BCUT2D eigenvalue weighted by atomic mass is 32.1. The van der Waals surface area contributed by atoms with E-state index in [0.717, 1.165) is 28.0 Å². The molecule has 0 fully saturated rings. The number of thiophene rings is 1. The summed E-state index contributed by atoms with van der Waals surface area (Å²) in [6.07, 6.45) is 0. The van der Waals surface area contributed by atoms with E-state index >= 15 is 0 Å². The van der Waals surface area contributed by atoms with Gasteiger partial charge in [0, 0.05) is 30.6 Å². The summed E-state index contributed by atoms with van der Waals surface area (Å²) < 4.78 is 15.0. The first-order chi connectivity index (χ1) is 13.8. The van der Waals surface area contributed by atoms with Crippen molar-refractivity contribution in [3.8, 4) is 0 Å². The molecular weight excluding hydrogens is 387 g/mol. The van der Waals surface area contributed by atoms with Crippen LogP contribution in [-0.4, -0.2) is 45.8 Å². The zero-order valence-corrected chi connectivity index (χ0v) is 18.5. The quantitative estimate of drug-likeness (QED) is 0.591. The number of carbonyl (C=O) groups is 1. The average Bonchev–Trinajstić information content (AvgIpc) is 3.21. The lowest BCUT2D eigenvalue weighted by Gasteiger charge is -2.30. The van der Waals surface area contributed by atoms with Crippen molar-refractivity contribution in [3.63, 3.8) is 0 Å². The minimum absolute atomic E-state index is 0.0496. The van der Waals surface area contributed by atoms with E-state index in [1.54, 1.807) is 12.1 Å². The summed E-state index contributed by atoms with van der Waals surface area (Å²) in [6.45, 7) is 12.6. The van der Waals surface area contributed by atoms with Crippen molar-refractivity contribution in [2.24, 2.45) is 0 Å². The number of aryl methyl sites for hydroxylation is 1. The van der Waals surface area contributed by atoms with E-state index in [4.69, 9.17) is 0 Å². The van der Waals surface area contributed by atoms with Crippen LogP contribution in [0.4, 0.5) is 4.39 Å². The molecule has 0 bridgehead atoms. The number of amides is 1. The number of nitrogens with zero attached hydrogens (tertiary/aromatic N) is 3. The molecule has 1 N–H and O–H groups in total. The Morgan fingerprint density at radius 1 is 1.21 bits per heavy atom. The van der Waals surface area contributed by atoms with Gasteiger partial charge in [0.2, 0.25) is 0 Å². The van der Waals surface area contributed by atoms with Gasteiger partial charge in [-0.2, -0.15) is 5.10 Å². The minimum Gasteiger partial charge on any atom is -0.350 e. The number of hydrogen-bond donors (Lipinski definition) is 1. The number of carbonyl (C=O) groups excluding carboxylic acids is 1. The van der Waals surface area contributed by atoms with Crippen LogP contribution in [0.2, 0.25) is 0 Å². The summed E-state index contributed by atoms with van der Waals surface area (Å²) in [4.78, 5) is 16.7. The average molecular weight is 417 g/mol. The van der Waals surface area contributed by atoms with Crippen LogP contribution in [-0.2, 0) is 6.54 Å². The van der Waals surface area contributed by atoms with Crippen molar-refractivity contribution < 1.29 is 9.18 Å². The van der Waals surface area contributed by atoms with Gasteiger partial charge >= 0.3 is 0 Å². The number of fused-ring (bicyclic) bond motifs is 1. The Labute approximate surface area is 175 Å². The Balaban J connectivity index is 1.70. The molecule has 1 aromatic carbocycles. The first kappa shape index (κ1) is 21.5. The van der Waals surface area contributed by atoms with Crippen molar-refractivity contribution >= 4 is 27.5 Å². The van der Waals surface area contributed by atoms with Gasteiger partial charge in [-0.1, -0.05) is 12.1 Å². The monoisotopic (exact) mass is 416 g/mol. The number of hydrogen-bond acceptors (Lipinski definition) is 4. The van der Waals surface area contributed by atoms with Crippen LogP contribution in [0.15, 0.2) is 30.3 Å². The normalized spacial score (nSPS) is 11.9. The van der Waals surface area contributed by atoms with Crippen LogP contribution >= 0.6 is 11.3 Å². The summed E-state index contributed by atoms with van der Waals surface area (Å²) in [5.74, 6) is -0.300. The molecule has 156 valence electrons. The van der Waals surface area contributed by atoms with Crippen LogP contribution in [0, 0.1) is 12.7 Å². The zero-order chi connectivity index (χ0) is 21.1. The molecule has 0 aliphatic heterocycles. The van der Waals surface area contributed by atoms with Gasteiger partial charge in [0.25, 0.3) is 5.91 Å². The van der Waals surface area contributed by atoms with Crippen LogP contribution in [0.25, 0.3) is 10.2 Å². The molecule has 2 heterocycles. The Morgan fingerprint density at radius 2 is 1.86 bits per heavy atom. The van der Waals surface area contributed by atoms with E-state index in [0.29, 0.717) is 30.1 Å². The van der Waals surface area contributed by atoms with Gasteiger partial charge < -0.3 is 5.32 Å². The second-order valence-electron chi connectivity index (χ2n) is 7.88. The van der Waals surface area contributed by atoms with E-state index < -0.39 is 0 Å². The molecule has 0 saturated heterocycles. The van der Waals surface area contributed by atoms with Gasteiger partial charge in [-0.3, -0.25) is 14.4 Å². The van der Waals surface area contributed by atoms with Gasteiger partial charge in [0.15, 0.2) is 0 Å². The van der Waals surface area contributed by atoms with Crippen molar-refractivity contribution in [2.75, 3.05) is 13.1 Å². The largest absolute Gasteiger partial charge is 0.350 e. The van der Waals surface area contributed by atoms with Crippen LogP contribution in [0.3, 0.4) is 0 Å². The lowest BCUT2D eigenvalue weighted by molar-refractivity contribution is 0.0943. The summed E-state index contributed by atoms with van der Waals surface area (Å²) in [5.41, 5.74) is 1.86. The Morgan fingerprint density at radius 3 is 2.48 bits per heavy atom. The second kappa shape index (κ2) is 9.05. The summed E-state index contributed by atoms with van der Waals surface area (Å²) in [7, 11) is 0. The summed E-state index contributed by atoms with van der Waals surface area (Å²) >= 11 is 1.45. The predicted molar refractivity (Wildman–Crippen MR) is 117 cm³/mol. The maximum atomic E-state index is 13.1. The number of rotatable bonds is 8. The smallest absolute Gasteiger partial charge is 0.261 e. The number of aromatic nitrogens is 2. The van der Waals surface area contributed by atoms with Gasteiger partial charge in [0.05, 0.1) is 17.1 Å². The fraction of sp³-hybridized carbons (Fsp3) is 0.455. The summed E-state index contributed by atoms with van der Waals surface area (Å²) in [6, 6.07) is 9.22. The van der Waals surface area contributed by atoms with Crippen molar-refractivity contribution in [3.05, 3.63) is 52.3 Å². The topological polar surface area (TPSA) is 50.2 Å². The molecule has 0 spiro atoms. The molecule has 0 atom stereocenters. The lowest BCUT2D eigenvalue weighted by atomic mass is 10.2. The zero-order valence-electron chi connectivity index (χ0n) is 17.7. The van der Waals surface area contributed by atoms with E-state index in [1.165, 1.54) is 23.5 Å². The van der Waals surface area contributed by atoms with Gasteiger partial charge in [-0.05, 0) is 58.4 Å². The molecule has 0 aliphatic rings. The van der Waals surface area contributed by atoms with E-state index in [1.807, 2.05) is 17.7 Å². The molecular formula is C22H29FN4OS. The van der Waals surface area contributed by atoms with Crippen molar-refractivity contribution in [1.82, 2.24) is 20.0 Å². The molecule has 1 amide bonds. The SMILES string of the molecule is Cc1nn(Cc2ccc(F)cc2)c2sc(C(=O)NCCN(C(C)C)C(C)C)cc12. The molecule has 0 aliphatic carbocycles. The highest BCUT2D eigenvalue weighted by Gasteiger charge is 2.18. The number of benzene rings is 1. The molecule has 7 heteroatoms. The third-order valence-corrected chi connectivity index (χ3v) is 6.21. The van der Waals surface area contributed by atoms with Crippen molar-refractivity contribution in [2.45, 2.75) is 53.2 Å². The third kappa shape index (κ3) is 5.03. The molecule has 0 saturated carbocycles. The number of nitrogens with one attached hydrogen (secondary N) is 1. The number of halogens is 1. The maximum absolute atomic E-state index is 13.1. The molecule has 2 aromatic heterocycles. The second-order valence-corrected chi connectivity index (χ2v) is 8.91. The highest BCUT2D eigenvalue weighted by Crippen LogP contribution is 2.29. The molecule has 3 rings (SSSR count). The van der Waals surface area contributed by atoms with Crippen LogP contribution < -0.4 is 5.32 Å². The lowest BCUT2D eigenvalue weighted by Crippen LogP contribution is -2.42. The first-order valence-corrected chi connectivity index (χ1v) is 10.8. The standard InChI is InChI=1S/C22H29FN4OS/c1-14(2)26(15(3)4)11-10-24-21(28)20-12-19-16(5)25-27(22(19)29-20)13-17-6-8-18(23)9-7-17/h6-9,12,14-15H,10-11,13H2,1-5H3,(H,24,28). The maximum Gasteiger partial charge on any atom is 0.261 e. The summed E-state index contributed by atoms with van der Waals surface area (Å²) in [5, 5.41) is 8.62. The van der Waals surface area contributed by atoms with Gasteiger partial charge in [-0.25, -0.2) is 4.39 Å². The molecule has 5 nitrogen and oxygen atoms in total. The Kier molecular flexibility index (Phi) is 6.70. The van der Waals surface area contributed by atoms with E-state index in [9.17, 15) is 9.18 Å². The van der Waals surface area contributed by atoms with Gasteiger partial charge in [-0.15, -0.1) is 11.3 Å². The molecule has 29 heavy (non-hydrogen) atoms. The highest BCUT2D eigenvalue weighted by molar-refractivity contribution is 7.20. The Hall–Kier alpha value is -2.25. The van der Waals surface area contributed by atoms with Crippen LogP contribution in [0.5, 0.6) is 0 Å². The van der Waals surface area contributed by atoms with Crippen molar-refractivity contribution in [1.29, 1.82) is 0 Å². The third-order valence-electron chi connectivity index (χ3n) is 5.06. The molecule has 0 unspecified atom stereocenters. The van der Waals surface area contributed by atoms with Crippen LogP contribution in [0.1, 0.15) is 48.6 Å². The fourth-order valence-corrected chi connectivity index (χ4v) is 4.67. The fourth-order valence-electron chi connectivity index (χ4n) is 3.59. The predicted octanol–water partition coefficient (Wildman–Crippen LogP) is 4.44. The minimum atomic E-state index is -0.251. The Bertz CT molecular complexity index is 967. The molecule has 3 aromatic rings. The van der Waals surface area contributed by atoms with E-state index in [2.05, 4.69) is 43.0 Å². The molecule has 0 radical (unpaired) electrons. The first-order valence-electron chi connectivity index (χ1n) is 10.0. The van der Waals surface area contributed by atoms with Gasteiger partial charge in [0.1, 0.15) is 10.6 Å².